The van der Waals surface area contributed by atoms with E-state index in [4.69, 9.17) is 10.5 Å². The molecule has 152 valence electrons. The number of halogens is 1. The van der Waals surface area contributed by atoms with Gasteiger partial charge in [0, 0.05) is 19.7 Å². The minimum Gasteiger partial charge on any atom is -0.369 e. The summed E-state index contributed by atoms with van der Waals surface area (Å²) in [5, 5.41) is 0. The van der Waals surface area contributed by atoms with Crippen LogP contribution in [0.4, 0.5) is 4.39 Å². The largest absolute Gasteiger partial charge is 0.369 e. The molecular formula is C23H25FN2O3. The van der Waals surface area contributed by atoms with Crippen molar-refractivity contribution in [1.29, 1.82) is 0 Å². The summed E-state index contributed by atoms with van der Waals surface area (Å²) >= 11 is 0. The van der Waals surface area contributed by atoms with Crippen LogP contribution in [0, 0.1) is 11.2 Å². The molecule has 6 heteroatoms. The molecule has 0 unspecified atom stereocenters. The molecule has 2 aliphatic heterocycles. The molecule has 5 nitrogen and oxygen atoms in total. The highest BCUT2D eigenvalue weighted by molar-refractivity contribution is 5.86. The lowest BCUT2D eigenvalue weighted by atomic mass is 9.79. The van der Waals surface area contributed by atoms with Gasteiger partial charge in [0.05, 0.1) is 5.41 Å². The van der Waals surface area contributed by atoms with Crippen molar-refractivity contribution in [2.24, 2.45) is 11.1 Å². The number of amides is 2. The van der Waals surface area contributed by atoms with Crippen molar-refractivity contribution >= 4 is 11.8 Å². The van der Waals surface area contributed by atoms with Gasteiger partial charge >= 0.3 is 0 Å². The lowest BCUT2D eigenvalue weighted by Gasteiger charge is -2.27. The standard InChI is InChI=1S/C23H25FN2O3/c24-19-8-6-17(7-9-19)18-4-1-3-16(13-18)14-23(22(25)28)10-11-26(15-23)21(27)20-5-2-12-29-20/h1,3-4,6-9,13,20H,2,5,10-12,14-15H2,(H2,25,28)/t20-,23-/m0/s1. The molecule has 2 aromatic carbocycles. The summed E-state index contributed by atoms with van der Waals surface area (Å²) in [5.74, 6) is -0.697. The fourth-order valence-corrected chi connectivity index (χ4v) is 4.36. The van der Waals surface area contributed by atoms with E-state index >= 15 is 0 Å². The van der Waals surface area contributed by atoms with E-state index in [9.17, 15) is 14.0 Å². The molecule has 0 saturated carbocycles. The van der Waals surface area contributed by atoms with Crippen molar-refractivity contribution in [2.75, 3.05) is 19.7 Å². The number of carbonyl (C=O) groups is 2. The Labute approximate surface area is 169 Å². The van der Waals surface area contributed by atoms with Gasteiger partial charge < -0.3 is 15.4 Å². The molecular weight excluding hydrogens is 371 g/mol. The van der Waals surface area contributed by atoms with E-state index in [-0.39, 0.29) is 23.7 Å². The van der Waals surface area contributed by atoms with Crippen LogP contribution in [0.2, 0.25) is 0 Å². The molecule has 2 atom stereocenters. The van der Waals surface area contributed by atoms with E-state index in [0.717, 1.165) is 29.5 Å². The van der Waals surface area contributed by atoms with Gasteiger partial charge in [0.25, 0.3) is 5.91 Å². The van der Waals surface area contributed by atoms with Crippen LogP contribution in [0.5, 0.6) is 0 Å². The van der Waals surface area contributed by atoms with Gasteiger partial charge in [-0.1, -0.05) is 36.4 Å². The molecule has 2 saturated heterocycles. The van der Waals surface area contributed by atoms with Crippen LogP contribution in [0.25, 0.3) is 11.1 Å². The summed E-state index contributed by atoms with van der Waals surface area (Å²) in [6, 6.07) is 14.2. The third-order valence-corrected chi connectivity index (χ3v) is 6.04. The van der Waals surface area contributed by atoms with Crippen molar-refractivity contribution in [3.8, 4) is 11.1 Å². The zero-order valence-corrected chi connectivity index (χ0v) is 16.3. The van der Waals surface area contributed by atoms with Gasteiger partial charge in [0.1, 0.15) is 11.9 Å². The van der Waals surface area contributed by atoms with Crippen LogP contribution >= 0.6 is 0 Å². The molecule has 29 heavy (non-hydrogen) atoms. The third kappa shape index (κ3) is 4.03. The molecule has 2 aliphatic rings. The number of hydrogen-bond acceptors (Lipinski definition) is 3. The van der Waals surface area contributed by atoms with Crippen LogP contribution < -0.4 is 5.73 Å². The monoisotopic (exact) mass is 396 g/mol. The molecule has 0 radical (unpaired) electrons. The van der Waals surface area contributed by atoms with E-state index in [1.807, 2.05) is 24.3 Å². The SMILES string of the molecule is NC(=O)[C@]1(Cc2cccc(-c3ccc(F)cc3)c2)CCN(C(=O)[C@@H]2CCCO2)C1. The van der Waals surface area contributed by atoms with Crippen molar-refractivity contribution in [3.05, 3.63) is 59.9 Å². The number of ether oxygens (including phenoxy) is 1. The second kappa shape index (κ2) is 7.95. The number of hydrogen-bond donors (Lipinski definition) is 1. The lowest BCUT2D eigenvalue weighted by molar-refractivity contribution is -0.140. The first kappa shape index (κ1) is 19.6. The first-order chi connectivity index (χ1) is 14.0. The van der Waals surface area contributed by atoms with E-state index in [0.29, 0.717) is 32.5 Å². The first-order valence-electron chi connectivity index (χ1n) is 10.0. The highest BCUT2D eigenvalue weighted by Crippen LogP contribution is 2.36. The summed E-state index contributed by atoms with van der Waals surface area (Å²) in [6.45, 7) is 1.45. The Morgan fingerprint density at radius 3 is 2.66 bits per heavy atom. The topological polar surface area (TPSA) is 72.6 Å². The molecule has 0 bridgehead atoms. The van der Waals surface area contributed by atoms with Gasteiger partial charge in [-0.25, -0.2) is 4.39 Å². The van der Waals surface area contributed by atoms with Crippen molar-refractivity contribution in [1.82, 2.24) is 4.90 Å². The number of nitrogens with zero attached hydrogens (tertiary/aromatic N) is 1. The summed E-state index contributed by atoms with van der Waals surface area (Å²) < 4.78 is 18.7. The Morgan fingerprint density at radius 1 is 1.17 bits per heavy atom. The van der Waals surface area contributed by atoms with Gasteiger partial charge in [-0.05, 0) is 54.5 Å². The predicted molar refractivity (Wildman–Crippen MR) is 107 cm³/mol. The van der Waals surface area contributed by atoms with E-state index in [1.165, 1.54) is 12.1 Å². The maximum Gasteiger partial charge on any atom is 0.251 e. The Kier molecular flexibility index (Phi) is 5.37. The normalized spacial score (nSPS) is 24.0. The smallest absolute Gasteiger partial charge is 0.251 e. The molecule has 0 aliphatic carbocycles. The van der Waals surface area contributed by atoms with Gasteiger partial charge in [0.15, 0.2) is 0 Å². The van der Waals surface area contributed by atoms with Gasteiger partial charge in [-0.3, -0.25) is 9.59 Å². The molecule has 2 amide bonds. The van der Waals surface area contributed by atoms with Crippen LogP contribution in [-0.2, 0) is 20.7 Å². The van der Waals surface area contributed by atoms with E-state index < -0.39 is 5.41 Å². The fraction of sp³-hybridized carbons (Fsp3) is 0.391. The van der Waals surface area contributed by atoms with Gasteiger partial charge in [0.2, 0.25) is 5.91 Å². The van der Waals surface area contributed by atoms with Crippen LogP contribution in [0.3, 0.4) is 0 Å². The molecule has 2 heterocycles. The maximum atomic E-state index is 13.2. The Balaban J connectivity index is 1.53. The van der Waals surface area contributed by atoms with Crippen molar-refractivity contribution < 1.29 is 18.7 Å². The number of primary amides is 1. The zero-order chi connectivity index (χ0) is 20.4. The predicted octanol–water partition coefficient (Wildman–Crippen LogP) is 2.92. The maximum absolute atomic E-state index is 13.2. The van der Waals surface area contributed by atoms with Crippen molar-refractivity contribution in [3.63, 3.8) is 0 Å². The number of likely N-dealkylation sites (tertiary alicyclic amines) is 1. The van der Waals surface area contributed by atoms with Crippen LogP contribution in [0.15, 0.2) is 48.5 Å². The Morgan fingerprint density at radius 2 is 1.97 bits per heavy atom. The number of carbonyl (C=O) groups excluding carboxylic acids is 2. The quantitative estimate of drug-likeness (QED) is 0.845. The second-order valence-electron chi connectivity index (χ2n) is 8.04. The molecule has 4 rings (SSSR count). The van der Waals surface area contributed by atoms with E-state index in [2.05, 4.69) is 0 Å². The van der Waals surface area contributed by atoms with Gasteiger partial charge in [-0.15, -0.1) is 0 Å². The average molecular weight is 396 g/mol. The number of rotatable bonds is 5. The summed E-state index contributed by atoms with van der Waals surface area (Å²) in [5.41, 5.74) is 7.86. The number of nitrogens with two attached hydrogens (primary N) is 1. The number of benzene rings is 2. The second-order valence-corrected chi connectivity index (χ2v) is 8.04. The average Bonchev–Trinajstić information content (AvgIpc) is 3.39. The lowest BCUT2D eigenvalue weighted by Crippen LogP contribution is -2.44. The summed E-state index contributed by atoms with van der Waals surface area (Å²) in [4.78, 5) is 26.8. The van der Waals surface area contributed by atoms with Crippen molar-refractivity contribution in [2.45, 2.75) is 31.8 Å². The molecule has 0 spiro atoms. The molecule has 0 aromatic heterocycles. The zero-order valence-electron chi connectivity index (χ0n) is 16.3. The highest BCUT2D eigenvalue weighted by Gasteiger charge is 2.46. The fourth-order valence-electron chi connectivity index (χ4n) is 4.36. The summed E-state index contributed by atoms with van der Waals surface area (Å²) in [7, 11) is 0. The molecule has 2 fully saturated rings. The molecule has 2 N–H and O–H groups in total. The first-order valence-corrected chi connectivity index (χ1v) is 10.0. The molecule has 2 aromatic rings. The minimum atomic E-state index is -0.782. The minimum absolute atomic E-state index is 0.0364. The Bertz CT molecular complexity index is 909. The van der Waals surface area contributed by atoms with Gasteiger partial charge in [-0.2, -0.15) is 0 Å². The Hall–Kier alpha value is -2.73. The van der Waals surface area contributed by atoms with Crippen LogP contribution in [0.1, 0.15) is 24.8 Å². The summed E-state index contributed by atoms with van der Waals surface area (Å²) in [6.07, 6.45) is 2.24. The van der Waals surface area contributed by atoms with E-state index in [1.54, 1.807) is 17.0 Å². The van der Waals surface area contributed by atoms with Crippen LogP contribution in [-0.4, -0.2) is 42.5 Å². The highest BCUT2D eigenvalue weighted by atomic mass is 19.1. The third-order valence-electron chi connectivity index (χ3n) is 6.04.